The summed E-state index contributed by atoms with van der Waals surface area (Å²) in [5, 5.41) is 8.53. The Morgan fingerprint density at radius 2 is 1.81 bits per heavy atom. The van der Waals surface area contributed by atoms with Crippen molar-refractivity contribution in [2.75, 3.05) is 13.7 Å². The molecule has 2 aromatic carbocycles. The Bertz CT molecular complexity index is 876. The highest BCUT2D eigenvalue weighted by molar-refractivity contribution is 7.03. The summed E-state index contributed by atoms with van der Waals surface area (Å²) in [6.45, 7) is 1.77. The van der Waals surface area contributed by atoms with Crippen LogP contribution < -0.4 is 10.2 Å². The number of rotatable bonds is 6. The van der Waals surface area contributed by atoms with Gasteiger partial charge in [0.2, 0.25) is 0 Å². The van der Waals surface area contributed by atoms with Crippen LogP contribution in [-0.4, -0.2) is 39.2 Å². The van der Waals surface area contributed by atoms with Crippen LogP contribution in [-0.2, 0) is 6.54 Å². The zero-order valence-electron chi connectivity index (χ0n) is 17.7. The van der Waals surface area contributed by atoms with Crippen LogP contribution in [0.4, 0.5) is 0 Å². The molecular formula is C21H31Cl3N4O3S. The fraction of sp³-hybridized carbons (Fsp3) is 0.333. The van der Waals surface area contributed by atoms with E-state index in [-0.39, 0.29) is 48.2 Å². The molecule has 1 aromatic heterocycles. The third-order valence-electron chi connectivity index (χ3n) is 5.10. The minimum absolute atomic E-state index is 0. The topological polar surface area (TPSA) is 113 Å². The van der Waals surface area contributed by atoms with Gasteiger partial charge in [-0.25, -0.2) is 5.01 Å². The van der Waals surface area contributed by atoms with Crippen molar-refractivity contribution in [3.63, 3.8) is 0 Å². The number of hydrazine groups is 1. The molecule has 0 amide bonds. The Labute approximate surface area is 211 Å². The first-order valence-electron chi connectivity index (χ1n) is 9.34. The number of benzene rings is 2. The van der Waals surface area contributed by atoms with Gasteiger partial charge >= 0.3 is 0 Å². The van der Waals surface area contributed by atoms with Crippen LogP contribution in [0.5, 0.6) is 5.75 Å². The van der Waals surface area contributed by atoms with Crippen LogP contribution in [0.3, 0.4) is 0 Å². The van der Waals surface area contributed by atoms with Crippen LogP contribution in [0.1, 0.15) is 36.4 Å². The van der Waals surface area contributed by atoms with Crippen LogP contribution >= 0.6 is 48.8 Å². The molecular weight excluding hydrogens is 495 g/mol. The van der Waals surface area contributed by atoms with Crippen molar-refractivity contribution in [3.05, 3.63) is 65.0 Å². The van der Waals surface area contributed by atoms with Crippen LogP contribution in [0.25, 0.3) is 11.3 Å². The van der Waals surface area contributed by atoms with E-state index in [4.69, 9.17) is 4.74 Å². The molecule has 3 aromatic rings. The Balaban J connectivity index is 0. The quantitative estimate of drug-likeness (QED) is 0.521. The van der Waals surface area contributed by atoms with Crippen molar-refractivity contribution in [2.45, 2.75) is 31.8 Å². The lowest BCUT2D eigenvalue weighted by molar-refractivity contribution is 0.0822. The molecule has 7 nitrogen and oxygen atoms in total. The first-order chi connectivity index (χ1) is 13.3. The van der Waals surface area contributed by atoms with Gasteiger partial charge in [-0.05, 0) is 48.1 Å². The standard InChI is InChI=1S/C21H24N4OS.3ClH.2H2O/c1-26-21-11-10-17(19-15-27-24-23-19)13-18(21)14-22-25-12-6-5-9-20(25)16-7-3-2-4-8-16;;;;;/h2-4,7-8,10-11,13,15,20,22H,5-6,9,12,14H2,1H3;3*1H;2*1H2. The number of ether oxygens (including phenoxy) is 1. The molecule has 0 saturated carbocycles. The van der Waals surface area contributed by atoms with Gasteiger partial charge in [0, 0.05) is 35.6 Å². The molecule has 5 N–H and O–H groups in total. The largest absolute Gasteiger partial charge is 0.496 e. The maximum absolute atomic E-state index is 5.58. The molecule has 11 heteroatoms. The first-order valence-corrected chi connectivity index (χ1v) is 10.2. The molecule has 1 saturated heterocycles. The third kappa shape index (κ3) is 7.83. The number of aromatic nitrogens is 2. The minimum Gasteiger partial charge on any atom is -0.496 e. The number of piperidine rings is 1. The van der Waals surface area contributed by atoms with E-state index in [1.54, 1.807) is 7.11 Å². The fourth-order valence-corrected chi connectivity index (χ4v) is 4.16. The van der Waals surface area contributed by atoms with Crippen molar-refractivity contribution in [1.82, 2.24) is 20.0 Å². The predicted molar refractivity (Wildman–Crippen MR) is 137 cm³/mol. The van der Waals surface area contributed by atoms with Gasteiger partial charge in [0.15, 0.2) is 0 Å². The number of halogens is 3. The lowest BCUT2D eigenvalue weighted by Gasteiger charge is -2.36. The summed E-state index contributed by atoms with van der Waals surface area (Å²) >= 11 is 1.37. The second-order valence-electron chi connectivity index (χ2n) is 6.77. The van der Waals surface area contributed by atoms with Gasteiger partial charge in [0.1, 0.15) is 11.4 Å². The van der Waals surface area contributed by atoms with Crippen molar-refractivity contribution in [3.8, 4) is 17.0 Å². The summed E-state index contributed by atoms with van der Waals surface area (Å²) in [7, 11) is 1.72. The van der Waals surface area contributed by atoms with Crippen LogP contribution in [0, 0.1) is 0 Å². The molecule has 2 heterocycles. The zero-order valence-corrected chi connectivity index (χ0v) is 21.0. The Kier molecular flexibility index (Phi) is 16.5. The number of methoxy groups -OCH3 is 1. The summed E-state index contributed by atoms with van der Waals surface area (Å²) in [5.74, 6) is 0.891. The molecule has 4 rings (SSSR count). The van der Waals surface area contributed by atoms with E-state index in [9.17, 15) is 0 Å². The van der Waals surface area contributed by atoms with Gasteiger partial charge in [-0.15, -0.1) is 42.3 Å². The van der Waals surface area contributed by atoms with E-state index in [1.807, 2.05) is 17.5 Å². The van der Waals surface area contributed by atoms with Crippen LogP contribution in [0.2, 0.25) is 0 Å². The van der Waals surface area contributed by atoms with E-state index in [0.717, 1.165) is 35.7 Å². The maximum Gasteiger partial charge on any atom is 0.123 e. The summed E-state index contributed by atoms with van der Waals surface area (Å²) in [4.78, 5) is 0. The Hall–Kier alpha value is -1.49. The summed E-state index contributed by atoms with van der Waals surface area (Å²) in [6.07, 6.45) is 3.67. The summed E-state index contributed by atoms with van der Waals surface area (Å²) < 4.78 is 9.55. The Morgan fingerprint density at radius 3 is 2.47 bits per heavy atom. The molecule has 1 unspecified atom stereocenters. The van der Waals surface area contributed by atoms with Gasteiger partial charge in [-0.1, -0.05) is 41.2 Å². The second-order valence-corrected chi connectivity index (χ2v) is 7.38. The predicted octanol–water partition coefficient (Wildman–Crippen LogP) is 4.06. The SMILES string of the molecule is COc1ccc(-c2csnn2)cc1CNN1CCCCC1c1ccccc1.Cl.Cl.Cl.O.O. The van der Waals surface area contributed by atoms with E-state index in [0.29, 0.717) is 6.04 Å². The van der Waals surface area contributed by atoms with E-state index >= 15 is 0 Å². The van der Waals surface area contributed by atoms with Gasteiger partial charge in [-0.3, -0.25) is 5.43 Å². The molecule has 180 valence electrons. The van der Waals surface area contributed by atoms with Crippen molar-refractivity contribution < 1.29 is 15.7 Å². The van der Waals surface area contributed by atoms with E-state index < -0.39 is 0 Å². The van der Waals surface area contributed by atoms with Gasteiger partial charge in [-0.2, -0.15) is 0 Å². The lowest BCUT2D eigenvalue weighted by atomic mass is 9.97. The number of nitrogens with one attached hydrogen (secondary N) is 1. The summed E-state index contributed by atoms with van der Waals surface area (Å²) in [6, 6.07) is 17.4. The first kappa shape index (κ1) is 32.7. The van der Waals surface area contributed by atoms with Gasteiger partial charge in [0.05, 0.1) is 7.11 Å². The second kappa shape index (κ2) is 16.2. The highest BCUT2D eigenvalue weighted by atomic mass is 35.5. The van der Waals surface area contributed by atoms with Crippen molar-refractivity contribution in [1.29, 1.82) is 0 Å². The molecule has 0 radical (unpaired) electrons. The zero-order chi connectivity index (χ0) is 18.5. The average Bonchev–Trinajstić information content (AvgIpc) is 3.28. The number of nitrogens with zero attached hydrogens (tertiary/aromatic N) is 3. The van der Waals surface area contributed by atoms with Crippen molar-refractivity contribution >= 4 is 48.8 Å². The summed E-state index contributed by atoms with van der Waals surface area (Å²) in [5.41, 5.74) is 8.13. The number of hydrogen-bond acceptors (Lipinski definition) is 6. The molecule has 1 aliphatic heterocycles. The molecule has 1 atom stereocenters. The fourth-order valence-electron chi connectivity index (χ4n) is 3.70. The van der Waals surface area contributed by atoms with Crippen molar-refractivity contribution in [2.24, 2.45) is 0 Å². The highest BCUT2D eigenvalue weighted by Crippen LogP contribution is 2.30. The number of hydrogen-bond donors (Lipinski definition) is 1. The molecule has 1 aliphatic rings. The van der Waals surface area contributed by atoms with E-state index in [2.05, 4.69) is 56.4 Å². The molecule has 0 aliphatic carbocycles. The van der Waals surface area contributed by atoms with E-state index in [1.165, 1.54) is 36.4 Å². The smallest absolute Gasteiger partial charge is 0.123 e. The highest BCUT2D eigenvalue weighted by Gasteiger charge is 2.23. The van der Waals surface area contributed by atoms with Crippen LogP contribution in [0.15, 0.2) is 53.9 Å². The lowest BCUT2D eigenvalue weighted by Crippen LogP contribution is -2.43. The third-order valence-corrected chi connectivity index (χ3v) is 5.60. The monoisotopic (exact) mass is 524 g/mol. The normalized spacial score (nSPS) is 15.0. The molecule has 1 fully saturated rings. The van der Waals surface area contributed by atoms with Gasteiger partial charge < -0.3 is 15.7 Å². The Morgan fingerprint density at radius 1 is 1.06 bits per heavy atom. The molecule has 32 heavy (non-hydrogen) atoms. The maximum atomic E-state index is 5.58. The average molecular weight is 526 g/mol. The minimum atomic E-state index is 0. The molecule has 0 bridgehead atoms. The molecule has 0 spiro atoms. The van der Waals surface area contributed by atoms with Gasteiger partial charge in [0.25, 0.3) is 0 Å².